The van der Waals surface area contributed by atoms with Gasteiger partial charge in [0.2, 0.25) is 0 Å². The van der Waals surface area contributed by atoms with Crippen molar-refractivity contribution in [1.82, 2.24) is 10.6 Å². The lowest BCUT2D eigenvalue weighted by Crippen LogP contribution is -2.36. The van der Waals surface area contributed by atoms with E-state index in [1.165, 1.54) is 12.1 Å². The molecule has 2 aromatic rings. The first-order chi connectivity index (χ1) is 11.7. The molecule has 128 valence electrons. The molecule has 0 aliphatic rings. The van der Waals surface area contributed by atoms with E-state index in [1.54, 1.807) is 19.2 Å². The molecule has 6 heteroatoms. The van der Waals surface area contributed by atoms with Crippen LogP contribution in [-0.2, 0) is 6.54 Å². The number of halogens is 1. The number of benzene rings is 2. The molecule has 0 aromatic heterocycles. The van der Waals surface area contributed by atoms with E-state index in [0.29, 0.717) is 31.9 Å². The van der Waals surface area contributed by atoms with Crippen molar-refractivity contribution in [3.8, 4) is 11.5 Å². The van der Waals surface area contributed by atoms with Crippen molar-refractivity contribution in [1.29, 1.82) is 0 Å². The summed E-state index contributed by atoms with van der Waals surface area (Å²) in [5.41, 5.74) is 0.962. The van der Waals surface area contributed by atoms with Crippen LogP contribution in [0.5, 0.6) is 11.5 Å². The topological polar surface area (TPSA) is 59.6 Å². The third-order valence-corrected chi connectivity index (χ3v) is 3.28. The van der Waals surface area contributed by atoms with Gasteiger partial charge in [-0.2, -0.15) is 0 Å². The van der Waals surface area contributed by atoms with E-state index in [1.807, 2.05) is 24.3 Å². The number of nitrogens with one attached hydrogen (secondary N) is 2. The van der Waals surface area contributed by atoms with Crippen LogP contribution < -0.4 is 20.1 Å². The third kappa shape index (κ3) is 6.16. The predicted octanol–water partition coefficient (Wildman–Crippen LogP) is 3.10. The second-order valence-electron chi connectivity index (χ2n) is 5.12. The number of methoxy groups -OCH3 is 1. The van der Waals surface area contributed by atoms with Crippen LogP contribution in [0.1, 0.15) is 12.0 Å². The van der Waals surface area contributed by atoms with E-state index in [0.717, 1.165) is 11.3 Å². The molecule has 0 atom stereocenters. The SMILES string of the molecule is COc1cccc(CNC(=O)NCCCOc2ccc(F)cc2)c1. The maximum Gasteiger partial charge on any atom is 0.315 e. The summed E-state index contributed by atoms with van der Waals surface area (Å²) >= 11 is 0. The fraction of sp³-hybridized carbons (Fsp3) is 0.278. The van der Waals surface area contributed by atoms with Crippen LogP contribution in [0.2, 0.25) is 0 Å². The van der Waals surface area contributed by atoms with Crippen LogP contribution in [-0.4, -0.2) is 26.3 Å². The molecule has 0 saturated carbocycles. The maximum absolute atomic E-state index is 12.7. The van der Waals surface area contributed by atoms with Crippen molar-refractivity contribution >= 4 is 6.03 Å². The van der Waals surface area contributed by atoms with Crippen LogP contribution in [0.25, 0.3) is 0 Å². The minimum absolute atomic E-state index is 0.236. The first-order valence-electron chi connectivity index (χ1n) is 7.70. The highest BCUT2D eigenvalue weighted by molar-refractivity contribution is 5.73. The van der Waals surface area contributed by atoms with Gasteiger partial charge in [0.05, 0.1) is 13.7 Å². The molecular formula is C18H21FN2O3. The quantitative estimate of drug-likeness (QED) is 0.730. The highest BCUT2D eigenvalue weighted by Gasteiger charge is 2.01. The van der Waals surface area contributed by atoms with Gasteiger partial charge in [-0.15, -0.1) is 0 Å². The molecule has 0 aliphatic carbocycles. The summed E-state index contributed by atoms with van der Waals surface area (Å²) in [4.78, 5) is 11.7. The second kappa shape index (κ2) is 9.39. The monoisotopic (exact) mass is 332 g/mol. The zero-order valence-corrected chi connectivity index (χ0v) is 13.5. The lowest BCUT2D eigenvalue weighted by atomic mass is 10.2. The van der Waals surface area contributed by atoms with Gasteiger partial charge in [0.1, 0.15) is 17.3 Å². The number of amides is 2. The van der Waals surface area contributed by atoms with Gasteiger partial charge >= 0.3 is 6.03 Å². The van der Waals surface area contributed by atoms with E-state index in [-0.39, 0.29) is 11.8 Å². The number of urea groups is 1. The summed E-state index contributed by atoms with van der Waals surface area (Å²) in [6.07, 6.45) is 0.657. The van der Waals surface area contributed by atoms with Crippen molar-refractivity contribution in [3.63, 3.8) is 0 Å². The Morgan fingerprint density at radius 3 is 2.62 bits per heavy atom. The minimum Gasteiger partial charge on any atom is -0.497 e. The predicted molar refractivity (Wildman–Crippen MR) is 89.7 cm³/mol. The summed E-state index contributed by atoms with van der Waals surface area (Å²) in [5, 5.41) is 5.53. The molecule has 5 nitrogen and oxygen atoms in total. The number of carbonyl (C=O) groups excluding carboxylic acids is 1. The van der Waals surface area contributed by atoms with Gasteiger partial charge in [-0.3, -0.25) is 0 Å². The van der Waals surface area contributed by atoms with Gasteiger partial charge < -0.3 is 20.1 Å². The van der Waals surface area contributed by atoms with Gasteiger partial charge in [0.25, 0.3) is 0 Å². The van der Waals surface area contributed by atoms with Crippen LogP contribution in [0, 0.1) is 5.82 Å². The lowest BCUT2D eigenvalue weighted by Gasteiger charge is -2.09. The molecular weight excluding hydrogens is 311 g/mol. The van der Waals surface area contributed by atoms with E-state index < -0.39 is 0 Å². The average molecular weight is 332 g/mol. The molecule has 0 unspecified atom stereocenters. The zero-order chi connectivity index (χ0) is 17.2. The number of hydrogen-bond donors (Lipinski definition) is 2. The van der Waals surface area contributed by atoms with Crippen molar-refractivity contribution in [2.75, 3.05) is 20.3 Å². The summed E-state index contributed by atoms with van der Waals surface area (Å²) in [7, 11) is 1.60. The van der Waals surface area contributed by atoms with E-state index in [9.17, 15) is 9.18 Å². The second-order valence-corrected chi connectivity index (χ2v) is 5.12. The van der Waals surface area contributed by atoms with Gasteiger partial charge in [-0.05, 0) is 48.4 Å². The third-order valence-electron chi connectivity index (χ3n) is 3.28. The number of ether oxygens (including phenoxy) is 2. The minimum atomic E-state index is -0.295. The first-order valence-corrected chi connectivity index (χ1v) is 7.70. The largest absolute Gasteiger partial charge is 0.497 e. The number of rotatable bonds is 8. The molecule has 0 aliphatic heterocycles. The summed E-state index contributed by atoms with van der Waals surface area (Å²) in [6, 6.07) is 13.1. The smallest absolute Gasteiger partial charge is 0.315 e. The Labute approximate surface area is 140 Å². The highest BCUT2D eigenvalue weighted by Crippen LogP contribution is 2.12. The molecule has 0 heterocycles. The van der Waals surface area contributed by atoms with Crippen molar-refractivity contribution in [2.45, 2.75) is 13.0 Å². The van der Waals surface area contributed by atoms with Crippen LogP contribution >= 0.6 is 0 Å². The molecule has 2 rings (SSSR count). The standard InChI is InChI=1S/C18H21FN2O3/c1-23-17-5-2-4-14(12-17)13-21-18(22)20-10-3-11-24-16-8-6-15(19)7-9-16/h2,4-9,12H,3,10-11,13H2,1H3,(H2,20,21,22). The summed E-state index contributed by atoms with van der Waals surface area (Å²) < 4.78 is 23.3. The van der Waals surface area contributed by atoms with E-state index in [4.69, 9.17) is 9.47 Å². The molecule has 2 aromatic carbocycles. The summed E-state index contributed by atoms with van der Waals surface area (Å²) in [6.45, 7) is 1.36. The summed E-state index contributed by atoms with van der Waals surface area (Å²) in [5.74, 6) is 1.07. The van der Waals surface area contributed by atoms with E-state index >= 15 is 0 Å². The Morgan fingerprint density at radius 2 is 1.88 bits per heavy atom. The molecule has 0 bridgehead atoms. The van der Waals surface area contributed by atoms with Crippen molar-refractivity contribution < 1.29 is 18.7 Å². The number of hydrogen-bond acceptors (Lipinski definition) is 3. The Bertz CT molecular complexity index is 647. The van der Waals surface area contributed by atoms with Crippen LogP contribution in [0.3, 0.4) is 0 Å². The molecule has 0 spiro atoms. The molecule has 0 radical (unpaired) electrons. The fourth-order valence-electron chi connectivity index (χ4n) is 2.02. The molecule has 0 fully saturated rings. The Hall–Kier alpha value is -2.76. The van der Waals surface area contributed by atoms with Gasteiger partial charge in [0.15, 0.2) is 0 Å². The highest BCUT2D eigenvalue weighted by atomic mass is 19.1. The van der Waals surface area contributed by atoms with Crippen LogP contribution in [0.15, 0.2) is 48.5 Å². The Morgan fingerprint density at radius 1 is 1.08 bits per heavy atom. The van der Waals surface area contributed by atoms with Gasteiger partial charge in [-0.25, -0.2) is 9.18 Å². The van der Waals surface area contributed by atoms with Crippen molar-refractivity contribution in [2.24, 2.45) is 0 Å². The average Bonchev–Trinajstić information content (AvgIpc) is 2.61. The first kappa shape index (κ1) is 17.6. The van der Waals surface area contributed by atoms with Gasteiger partial charge in [-0.1, -0.05) is 12.1 Å². The van der Waals surface area contributed by atoms with E-state index in [2.05, 4.69) is 10.6 Å². The molecule has 0 saturated heterocycles. The Kier molecular flexibility index (Phi) is 6.89. The fourth-order valence-corrected chi connectivity index (χ4v) is 2.02. The molecule has 2 amide bonds. The molecule has 24 heavy (non-hydrogen) atoms. The van der Waals surface area contributed by atoms with Gasteiger partial charge in [0, 0.05) is 13.1 Å². The normalized spacial score (nSPS) is 10.1. The van der Waals surface area contributed by atoms with Crippen LogP contribution in [0.4, 0.5) is 9.18 Å². The maximum atomic E-state index is 12.7. The zero-order valence-electron chi connectivity index (χ0n) is 13.5. The number of carbonyl (C=O) groups is 1. The Balaban J connectivity index is 1.58. The van der Waals surface area contributed by atoms with Crippen molar-refractivity contribution in [3.05, 3.63) is 59.9 Å². The lowest BCUT2D eigenvalue weighted by molar-refractivity contribution is 0.238. The molecule has 2 N–H and O–H groups in total.